The molecule has 0 saturated carbocycles. The van der Waals surface area contributed by atoms with E-state index in [0.29, 0.717) is 17.0 Å². The van der Waals surface area contributed by atoms with E-state index in [1.54, 1.807) is 18.5 Å². The Bertz CT molecular complexity index is 729. The topological polar surface area (TPSA) is 63.0 Å². The molecule has 0 bridgehead atoms. The zero-order valence-corrected chi connectivity index (χ0v) is 10.2. The summed E-state index contributed by atoms with van der Waals surface area (Å²) in [6, 6.07) is 6.88. The molecular weight excluding hydrogens is 284 g/mol. The second-order valence-corrected chi connectivity index (χ2v) is 4.41. The Labute approximate surface area is 104 Å². The smallest absolute Gasteiger partial charge is 0.273 e. The van der Waals surface area contributed by atoms with Crippen LogP contribution in [0.2, 0.25) is 0 Å². The van der Waals surface area contributed by atoms with Gasteiger partial charge in [0.2, 0.25) is 0 Å². The van der Waals surface area contributed by atoms with Crippen LogP contribution in [0.1, 0.15) is 0 Å². The van der Waals surface area contributed by atoms with E-state index in [1.807, 2.05) is 12.1 Å². The first-order valence-electron chi connectivity index (χ1n) is 4.93. The molecule has 6 heteroatoms. The van der Waals surface area contributed by atoms with Crippen molar-refractivity contribution in [3.8, 4) is 11.4 Å². The largest absolute Gasteiger partial charge is 0.297 e. The number of H-pyrrole nitrogens is 1. The Hall–Kier alpha value is -1.95. The van der Waals surface area contributed by atoms with Crippen LogP contribution < -0.4 is 5.56 Å². The van der Waals surface area contributed by atoms with E-state index in [-0.39, 0.29) is 5.56 Å². The van der Waals surface area contributed by atoms with E-state index in [2.05, 4.69) is 31.0 Å². The first-order chi connectivity index (χ1) is 8.24. The lowest BCUT2D eigenvalue weighted by atomic mass is 10.2. The van der Waals surface area contributed by atoms with E-state index >= 15 is 0 Å². The van der Waals surface area contributed by atoms with Crippen LogP contribution in [0.3, 0.4) is 0 Å². The molecule has 0 unspecified atom stereocenters. The molecule has 5 nitrogen and oxygen atoms in total. The highest BCUT2D eigenvalue weighted by Gasteiger charge is 2.05. The van der Waals surface area contributed by atoms with Gasteiger partial charge in [0.05, 0.1) is 11.4 Å². The number of pyridine rings is 1. The third-order valence-electron chi connectivity index (χ3n) is 2.37. The van der Waals surface area contributed by atoms with Gasteiger partial charge in [0.1, 0.15) is 0 Å². The first-order valence-corrected chi connectivity index (χ1v) is 5.72. The minimum absolute atomic E-state index is 0.153. The van der Waals surface area contributed by atoms with E-state index < -0.39 is 0 Å². The summed E-state index contributed by atoms with van der Waals surface area (Å²) in [7, 11) is 0. The highest BCUT2D eigenvalue weighted by molar-refractivity contribution is 9.10. The summed E-state index contributed by atoms with van der Waals surface area (Å²) >= 11 is 3.31. The Balaban J connectivity index is 2.23. The molecule has 17 heavy (non-hydrogen) atoms. The van der Waals surface area contributed by atoms with Crippen molar-refractivity contribution in [2.45, 2.75) is 0 Å². The zero-order valence-electron chi connectivity index (χ0n) is 8.59. The number of nitrogens with one attached hydrogen (secondary N) is 1. The fraction of sp³-hybridized carbons (Fsp3) is 0. The quantitative estimate of drug-likeness (QED) is 0.744. The van der Waals surface area contributed by atoms with Gasteiger partial charge in [0, 0.05) is 29.0 Å². The predicted molar refractivity (Wildman–Crippen MR) is 66.7 cm³/mol. The summed E-state index contributed by atoms with van der Waals surface area (Å²) in [5.41, 5.74) is 1.67. The third kappa shape index (κ3) is 1.76. The first kappa shape index (κ1) is 10.2. The predicted octanol–water partition coefficient (Wildman–Crippen LogP) is 1.85. The minimum atomic E-state index is -0.153. The summed E-state index contributed by atoms with van der Waals surface area (Å²) in [5, 5.41) is 2.79. The van der Waals surface area contributed by atoms with Crippen LogP contribution in [0.25, 0.3) is 17.0 Å². The highest BCUT2D eigenvalue weighted by Crippen LogP contribution is 2.15. The molecule has 0 aliphatic rings. The lowest BCUT2D eigenvalue weighted by molar-refractivity contribution is 0.900. The summed E-state index contributed by atoms with van der Waals surface area (Å²) in [6.07, 6.45) is 3.35. The molecule has 0 aliphatic carbocycles. The molecule has 0 amide bonds. The van der Waals surface area contributed by atoms with Crippen molar-refractivity contribution in [1.29, 1.82) is 0 Å². The van der Waals surface area contributed by atoms with Gasteiger partial charge in [-0.2, -0.15) is 0 Å². The van der Waals surface area contributed by atoms with Crippen molar-refractivity contribution in [2.24, 2.45) is 0 Å². The molecule has 0 atom stereocenters. The maximum atomic E-state index is 11.8. The molecule has 84 valence electrons. The van der Waals surface area contributed by atoms with Gasteiger partial charge in [-0.25, -0.2) is 9.50 Å². The van der Waals surface area contributed by atoms with Crippen molar-refractivity contribution >= 4 is 21.6 Å². The molecule has 0 fully saturated rings. The second-order valence-electron chi connectivity index (χ2n) is 3.50. The van der Waals surface area contributed by atoms with Crippen LogP contribution in [0.15, 0.2) is 45.9 Å². The second kappa shape index (κ2) is 3.81. The van der Waals surface area contributed by atoms with Crippen LogP contribution in [0.5, 0.6) is 0 Å². The van der Waals surface area contributed by atoms with Gasteiger partial charge in [-0.05, 0) is 28.1 Å². The Kier molecular flexibility index (Phi) is 2.29. The van der Waals surface area contributed by atoms with Crippen LogP contribution in [0, 0.1) is 0 Å². The molecule has 0 radical (unpaired) electrons. The molecule has 3 aromatic rings. The van der Waals surface area contributed by atoms with Crippen molar-refractivity contribution in [3.63, 3.8) is 0 Å². The standard InChI is InChI=1S/C11H7BrN4O/c12-7-1-2-8(13-6-7)9-5-11(17)16-10(15-9)3-4-14-16/h1-6,14H. The average Bonchev–Trinajstić information content (AvgIpc) is 2.78. The van der Waals surface area contributed by atoms with Crippen LogP contribution in [-0.4, -0.2) is 19.6 Å². The molecule has 0 aliphatic heterocycles. The monoisotopic (exact) mass is 290 g/mol. The average molecular weight is 291 g/mol. The molecule has 3 rings (SSSR count). The van der Waals surface area contributed by atoms with E-state index in [9.17, 15) is 4.79 Å². The minimum Gasteiger partial charge on any atom is -0.297 e. The van der Waals surface area contributed by atoms with E-state index in [1.165, 1.54) is 10.6 Å². The molecule has 0 saturated heterocycles. The van der Waals surface area contributed by atoms with Crippen LogP contribution in [-0.2, 0) is 0 Å². The fourth-order valence-electron chi connectivity index (χ4n) is 1.59. The van der Waals surface area contributed by atoms with Gasteiger partial charge in [-0.3, -0.25) is 14.9 Å². The molecule has 3 aromatic heterocycles. The van der Waals surface area contributed by atoms with Gasteiger partial charge >= 0.3 is 0 Å². The van der Waals surface area contributed by atoms with Crippen molar-refractivity contribution < 1.29 is 0 Å². The van der Waals surface area contributed by atoms with Gasteiger partial charge in [-0.15, -0.1) is 0 Å². The summed E-state index contributed by atoms with van der Waals surface area (Å²) in [5.74, 6) is 0. The molecule has 1 N–H and O–H groups in total. The van der Waals surface area contributed by atoms with Gasteiger partial charge in [0.15, 0.2) is 5.65 Å². The number of rotatable bonds is 1. The SMILES string of the molecule is O=c1cc(-c2ccc(Br)cn2)nc2cc[nH]n12. The Morgan fingerprint density at radius 2 is 2.12 bits per heavy atom. The van der Waals surface area contributed by atoms with E-state index in [4.69, 9.17) is 0 Å². The third-order valence-corrected chi connectivity index (χ3v) is 2.84. The normalized spacial score (nSPS) is 10.9. The number of nitrogens with zero attached hydrogens (tertiary/aromatic N) is 3. The van der Waals surface area contributed by atoms with Crippen molar-refractivity contribution in [2.75, 3.05) is 0 Å². The number of aromatic nitrogens is 4. The van der Waals surface area contributed by atoms with Gasteiger partial charge in [-0.1, -0.05) is 0 Å². The summed E-state index contributed by atoms with van der Waals surface area (Å²) < 4.78 is 2.27. The Morgan fingerprint density at radius 1 is 1.24 bits per heavy atom. The molecule has 0 spiro atoms. The molecular formula is C11H7BrN4O. The zero-order chi connectivity index (χ0) is 11.8. The molecule has 0 aromatic carbocycles. The van der Waals surface area contributed by atoms with Crippen LogP contribution in [0.4, 0.5) is 0 Å². The maximum absolute atomic E-state index is 11.8. The lowest BCUT2D eigenvalue weighted by Crippen LogP contribution is -2.14. The number of aromatic amines is 1. The van der Waals surface area contributed by atoms with E-state index in [0.717, 1.165) is 4.47 Å². The van der Waals surface area contributed by atoms with Gasteiger partial charge in [0.25, 0.3) is 5.56 Å². The van der Waals surface area contributed by atoms with Crippen LogP contribution >= 0.6 is 15.9 Å². The number of fused-ring (bicyclic) bond motifs is 1. The van der Waals surface area contributed by atoms with Crippen molar-refractivity contribution in [3.05, 3.63) is 51.5 Å². The molecule has 3 heterocycles. The Morgan fingerprint density at radius 3 is 2.88 bits per heavy atom. The fourth-order valence-corrected chi connectivity index (χ4v) is 1.82. The highest BCUT2D eigenvalue weighted by atomic mass is 79.9. The number of hydrogen-bond donors (Lipinski definition) is 1. The lowest BCUT2D eigenvalue weighted by Gasteiger charge is -2.00. The summed E-state index contributed by atoms with van der Waals surface area (Å²) in [6.45, 7) is 0. The number of halogens is 1. The van der Waals surface area contributed by atoms with Crippen molar-refractivity contribution in [1.82, 2.24) is 19.6 Å². The maximum Gasteiger partial charge on any atom is 0.273 e. The summed E-state index contributed by atoms with van der Waals surface area (Å²) in [4.78, 5) is 20.3. The van der Waals surface area contributed by atoms with Gasteiger partial charge < -0.3 is 0 Å². The number of hydrogen-bond acceptors (Lipinski definition) is 3.